The van der Waals surface area contributed by atoms with Gasteiger partial charge in [0.15, 0.2) is 0 Å². The first-order valence-corrected chi connectivity index (χ1v) is 5.94. The molecule has 1 atom stereocenters. The molecule has 0 aromatic carbocycles. The van der Waals surface area contributed by atoms with Gasteiger partial charge in [-0.15, -0.1) is 0 Å². The summed E-state index contributed by atoms with van der Waals surface area (Å²) in [7, 11) is 0. The number of nitrogens with one attached hydrogen (secondary N) is 1. The summed E-state index contributed by atoms with van der Waals surface area (Å²) in [5.74, 6) is 0. The minimum atomic E-state index is -0.339. The van der Waals surface area contributed by atoms with Gasteiger partial charge in [-0.25, -0.2) is 0 Å². The Kier molecular flexibility index (Phi) is 7.15. The SMILES string of the molecule is CC(C)(C)OC=O.CC1CNCCN1C(=O)Cl. The molecule has 1 amide bonds. The predicted molar refractivity (Wildman–Crippen MR) is 67.2 cm³/mol. The molecule has 6 heteroatoms. The van der Waals surface area contributed by atoms with Crippen molar-refractivity contribution in [2.24, 2.45) is 0 Å². The minimum Gasteiger partial charge on any atom is -0.462 e. The van der Waals surface area contributed by atoms with Gasteiger partial charge < -0.3 is 15.0 Å². The van der Waals surface area contributed by atoms with Crippen LogP contribution in [0.15, 0.2) is 0 Å². The number of amides is 1. The molecule has 100 valence electrons. The largest absolute Gasteiger partial charge is 0.462 e. The molecular weight excluding hydrogens is 244 g/mol. The summed E-state index contributed by atoms with van der Waals surface area (Å²) in [5.41, 5.74) is -0.318. The fraction of sp³-hybridized carbons (Fsp3) is 0.818. The first-order valence-electron chi connectivity index (χ1n) is 5.56. The van der Waals surface area contributed by atoms with Crippen LogP contribution in [0.25, 0.3) is 0 Å². The molecule has 0 aromatic rings. The van der Waals surface area contributed by atoms with Crippen LogP contribution in [-0.2, 0) is 9.53 Å². The molecule has 0 aliphatic carbocycles. The Balaban J connectivity index is 0.000000325. The Morgan fingerprint density at radius 1 is 1.53 bits per heavy atom. The number of halogens is 1. The zero-order chi connectivity index (χ0) is 13.5. The van der Waals surface area contributed by atoms with E-state index >= 15 is 0 Å². The third-order valence-corrected chi connectivity index (χ3v) is 2.35. The van der Waals surface area contributed by atoms with Gasteiger partial charge in [-0.05, 0) is 39.3 Å². The molecule has 1 aliphatic heterocycles. The van der Waals surface area contributed by atoms with E-state index in [0.29, 0.717) is 6.47 Å². The third kappa shape index (κ3) is 7.99. The summed E-state index contributed by atoms with van der Waals surface area (Å²) in [4.78, 5) is 21.9. The molecule has 1 N–H and O–H groups in total. The molecule has 1 aliphatic rings. The monoisotopic (exact) mass is 264 g/mol. The van der Waals surface area contributed by atoms with Crippen LogP contribution in [0.1, 0.15) is 27.7 Å². The van der Waals surface area contributed by atoms with E-state index in [-0.39, 0.29) is 17.0 Å². The summed E-state index contributed by atoms with van der Waals surface area (Å²) in [6.07, 6.45) is 0. The maximum Gasteiger partial charge on any atom is 0.316 e. The van der Waals surface area contributed by atoms with E-state index < -0.39 is 0 Å². The second-order valence-electron chi connectivity index (χ2n) is 4.83. The number of hydrogen-bond acceptors (Lipinski definition) is 4. The maximum absolute atomic E-state index is 10.7. The number of carbonyl (C=O) groups excluding carboxylic acids is 2. The first-order chi connectivity index (χ1) is 7.78. The highest BCUT2D eigenvalue weighted by molar-refractivity contribution is 6.62. The van der Waals surface area contributed by atoms with Crippen molar-refractivity contribution in [3.63, 3.8) is 0 Å². The quantitative estimate of drug-likeness (QED) is 0.444. The normalized spacial score (nSPS) is 20.1. The minimum absolute atomic E-state index is 0.235. The Hall–Kier alpha value is -0.810. The van der Waals surface area contributed by atoms with E-state index in [2.05, 4.69) is 10.1 Å². The zero-order valence-corrected chi connectivity index (χ0v) is 11.6. The van der Waals surface area contributed by atoms with Crippen molar-refractivity contribution < 1.29 is 14.3 Å². The molecule has 0 saturated carbocycles. The highest BCUT2D eigenvalue weighted by Gasteiger charge is 2.20. The number of hydrogen-bond donors (Lipinski definition) is 1. The van der Waals surface area contributed by atoms with E-state index in [1.807, 2.05) is 27.7 Å². The van der Waals surface area contributed by atoms with Crippen LogP contribution in [0.5, 0.6) is 0 Å². The van der Waals surface area contributed by atoms with Gasteiger partial charge in [0.25, 0.3) is 6.47 Å². The number of ether oxygens (including phenoxy) is 1. The van der Waals surface area contributed by atoms with Crippen molar-refractivity contribution in [3.8, 4) is 0 Å². The summed E-state index contributed by atoms with van der Waals surface area (Å²) >= 11 is 5.31. The van der Waals surface area contributed by atoms with Crippen molar-refractivity contribution in [1.82, 2.24) is 10.2 Å². The van der Waals surface area contributed by atoms with Gasteiger partial charge in [0.05, 0.1) is 0 Å². The van der Waals surface area contributed by atoms with Crippen LogP contribution in [0.2, 0.25) is 0 Å². The average Bonchev–Trinajstić information content (AvgIpc) is 2.16. The molecule has 17 heavy (non-hydrogen) atoms. The molecule has 1 saturated heterocycles. The second-order valence-corrected chi connectivity index (χ2v) is 5.15. The average molecular weight is 265 g/mol. The van der Waals surface area contributed by atoms with E-state index in [1.165, 1.54) is 0 Å². The van der Waals surface area contributed by atoms with Gasteiger partial charge >= 0.3 is 5.37 Å². The lowest BCUT2D eigenvalue weighted by Crippen LogP contribution is -2.50. The lowest BCUT2D eigenvalue weighted by Gasteiger charge is -2.31. The third-order valence-electron chi connectivity index (χ3n) is 2.13. The predicted octanol–water partition coefficient (Wildman–Crippen LogP) is 1.60. The van der Waals surface area contributed by atoms with Crippen molar-refractivity contribution in [1.29, 1.82) is 0 Å². The number of carbonyl (C=O) groups is 2. The van der Waals surface area contributed by atoms with Crippen molar-refractivity contribution >= 4 is 23.4 Å². The lowest BCUT2D eigenvalue weighted by atomic mass is 10.2. The van der Waals surface area contributed by atoms with Gasteiger partial charge in [0.2, 0.25) is 0 Å². The molecule has 5 nitrogen and oxygen atoms in total. The topological polar surface area (TPSA) is 58.6 Å². The van der Waals surface area contributed by atoms with Crippen LogP contribution in [0, 0.1) is 0 Å². The van der Waals surface area contributed by atoms with Gasteiger partial charge in [-0.3, -0.25) is 9.59 Å². The van der Waals surface area contributed by atoms with Crippen LogP contribution >= 0.6 is 11.6 Å². The fourth-order valence-corrected chi connectivity index (χ4v) is 1.50. The Morgan fingerprint density at radius 2 is 2.12 bits per heavy atom. The van der Waals surface area contributed by atoms with Gasteiger partial charge in [0, 0.05) is 25.7 Å². The Morgan fingerprint density at radius 3 is 2.35 bits per heavy atom. The van der Waals surface area contributed by atoms with Crippen molar-refractivity contribution in [2.45, 2.75) is 39.3 Å². The van der Waals surface area contributed by atoms with E-state index in [1.54, 1.807) is 4.90 Å². The highest BCUT2D eigenvalue weighted by Crippen LogP contribution is 2.05. The Labute approximate surface area is 107 Å². The van der Waals surface area contributed by atoms with E-state index in [0.717, 1.165) is 19.6 Å². The summed E-state index contributed by atoms with van der Waals surface area (Å²) in [6, 6.07) is 0.235. The van der Waals surface area contributed by atoms with Crippen LogP contribution in [0.3, 0.4) is 0 Å². The van der Waals surface area contributed by atoms with Gasteiger partial charge in [0.1, 0.15) is 5.60 Å². The molecular formula is C11H21ClN2O3. The molecule has 1 fully saturated rings. The highest BCUT2D eigenvalue weighted by atomic mass is 35.5. The molecule has 1 heterocycles. The van der Waals surface area contributed by atoms with E-state index in [4.69, 9.17) is 11.6 Å². The molecule has 0 spiro atoms. The van der Waals surface area contributed by atoms with Crippen molar-refractivity contribution in [3.05, 3.63) is 0 Å². The molecule has 0 radical (unpaired) electrons. The van der Waals surface area contributed by atoms with E-state index in [9.17, 15) is 9.59 Å². The summed E-state index contributed by atoms with van der Waals surface area (Å²) in [5, 5.41) is 2.83. The van der Waals surface area contributed by atoms with Crippen molar-refractivity contribution in [2.75, 3.05) is 19.6 Å². The fourth-order valence-electron chi connectivity index (χ4n) is 1.25. The summed E-state index contributed by atoms with van der Waals surface area (Å²) < 4.78 is 4.55. The van der Waals surface area contributed by atoms with Crippen LogP contribution < -0.4 is 5.32 Å². The maximum atomic E-state index is 10.7. The molecule has 0 bridgehead atoms. The number of rotatable bonds is 1. The van der Waals surface area contributed by atoms with Crippen LogP contribution in [0.4, 0.5) is 4.79 Å². The molecule has 0 aromatic heterocycles. The van der Waals surface area contributed by atoms with Gasteiger partial charge in [-0.2, -0.15) is 0 Å². The van der Waals surface area contributed by atoms with Crippen LogP contribution in [-0.4, -0.2) is 48.0 Å². The first kappa shape index (κ1) is 16.2. The molecule has 1 rings (SSSR count). The standard InChI is InChI=1S/C6H11ClN2O.C5H10O2/c1-5-4-8-2-3-9(5)6(7)10;1-5(2,3)7-4-6/h5,8H,2-4H2,1H3;4H,1-3H3. The summed E-state index contributed by atoms with van der Waals surface area (Å²) in [6.45, 7) is 10.3. The number of piperazine rings is 1. The Bertz CT molecular complexity index is 254. The van der Waals surface area contributed by atoms with Gasteiger partial charge in [-0.1, -0.05) is 0 Å². The lowest BCUT2D eigenvalue weighted by molar-refractivity contribution is -0.138. The smallest absolute Gasteiger partial charge is 0.316 e. The molecule has 1 unspecified atom stereocenters. The second kappa shape index (κ2) is 7.50. The number of nitrogens with zero attached hydrogens (tertiary/aromatic N) is 1. The zero-order valence-electron chi connectivity index (χ0n) is 10.8.